The first-order chi connectivity index (χ1) is 12.3. The van der Waals surface area contributed by atoms with Gasteiger partial charge in [0.05, 0.1) is 0 Å². The van der Waals surface area contributed by atoms with Crippen LogP contribution in [0.1, 0.15) is 11.1 Å². The van der Waals surface area contributed by atoms with E-state index in [4.69, 9.17) is 15.2 Å². The van der Waals surface area contributed by atoms with Crippen molar-refractivity contribution in [2.24, 2.45) is 10.7 Å². The highest BCUT2D eigenvalue weighted by Gasteiger charge is 2.46. The van der Waals surface area contributed by atoms with Gasteiger partial charge in [0.25, 0.3) is 6.02 Å². The lowest BCUT2D eigenvalue weighted by Gasteiger charge is -2.33. The van der Waals surface area contributed by atoms with Crippen molar-refractivity contribution in [3.05, 3.63) is 78.1 Å². The fraction of sp³-hybridized carbons (Fsp3) is 0.100. The largest absolute Gasteiger partial charge is 0.462 e. The zero-order chi connectivity index (χ0) is 16.9. The maximum atomic E-state index is 6.11. The van der Waals surface area contributed by atoms with Crippen molar-refractivity contribution in [1.82, 2.24) is 4.98 Å². The van der Waals surface area contributed by atoms with Gasteiger partial charge in [-0.05, 0) is 29.8 Å². The van der Waals surface area contributed by atoms with Gasteiger partial charge in [0.1, 0.15) is 18.1 Å². The molecule has 2 aliphatic heterocycles. The van der Waals surface area contributed by atoms with Gasteiger partial charge in [-0.15, -0.1) is 0 Å². The summed E-state index contributed by atoms with van der Waals surface area (Å²) < 4.78 is 11.7. The third-order valence-electron chi connectivity index (χ3n) is 4.70. The minimum absolute atomic E-state index is 0.203. The van der Waals surface area contributed by atoms with Gasteiger partial charge in [0.15, 0.2) is 5.54 Å². The lowest BCUT2D eigenvalue weighted by Crippen LogP contribution is -2.31. The summed E-state index contributed by atoms with van der Waals surface area (Å²) in [4.78, 5) is 8.88. The monoisotopic (exact) mass is 329 g/mol. The number of ether oxygens (including phenoxy) is 2. The van der Waals surface area contributed by atoms with Gasteiger partial charge in [0, 0.05) is 29.1 Å². The number of benzene rings is 2. The molecule has 1 aromatic heterocycles. The van der Waals surface area contributed by atoms with E-state index in [0.29, 0.717) is 6.61 Å². The molecule has 5 nitrogen and oxygen atoms in total. The van der Waals surface area contributed by atoms with E-state index in [9.17, 15) is 0 Å². The number of amidine groups is 1. The molecule has 3 aromatic rings. The van der Waals surface area contributed by atoms with Crippen molar-refractivity contribution >= 4 is 6.02 Å². The lowest BCUT2D eigenvalue weighted by atomic mass is 9.80. The predicted octanol–water partition coefficient (Wildman–Crippen LogP) is 3.44. The molecule has 2 aromatic carbocycles. The zero-order valence-electron chi connectivity index (χ0n) is 13.3. The molecule has 0 aliphatic carbocycles. The standard InChI is InChI=1S/C20H15N3O2/c21-19-23-20(12-24-19)15-5-1-2-6-17(15)25-18-8-7-13(10-16(18)20)14-4-3-9-22-11-14/h1-11H,12H2,(H2,21,23)/t20-/m1/s1. The van der Waals surface area contributed by atoms with Gasteiger partial charge >= 0.3 is 0 Å². The fourth-order valence-electron chi connectivity index (χ4n) is 3.52. The Kier molecular flexibility index (Phi) is 2.85. The van der Waals surface area contributed by atoms with Crippen molar-refractivity contribution in [2.45, 2.75) is 5.54 Å². The summed E-state index contributed by atoms with van der Waals surface area (Å²) in [5, 5.41) is 0. The van der Waals surface area contributed by atoms with E-state index in [2.05, 4.69) is 16.0 Å². The number of hydrogen-bond donors (Lipinski definition) is 1. The van der Waals surface area contributed by atoms with E-state index in [0.717, 1.165) is 33.8 Å². The quantitative estimate of drug-likeness (QED) is 0.742. The van der Waals surface area contributed by atoms with Crippen LogP contribution in [0.25, 0.3) is 11.1 Å². The molecule has 0 saturated carbocycles. The molecule has 1 atom stereocenters. The second-order valence-corrected chi connectivity index (χ2v) is 6.15. The molecule has 0 amide bonds. The minimum atomic E-state index is -0.674. The third kappa shape index (κ3) is 2.02. The Hall–Kier alpha value is -3.34. The fourth-order valence-corrected chi connectivity index (χ4v) is 3.52. The van der Waals surface area contributed by atoms with Crippen LogP contribution in [0.5, 0.6) is 11.5 Å². The second-order valence-electron chi connectivity index (χ2n) is 6.15. The van der Waals surface area contributed by atoms with Crippen LogP contribution < -0.4 is 10.5 Å². The number of aliphatic imine (C=N–C) groups is 1. The molecule has 5 rings (SSSR count). The topological polar surface area (TPSA) is 69.7 Å². The number of fused-ring (bicyclic) bond motifs is 4. The first-order valence-corrected chi connectivity index (χ1v) is 8.07. The Morgan fingerprint density at radius 1 is 0.920 bits per heavy atom. The number of para-hydroxylation sites is 1. The number of rotatable bonds is 1. The summed E-state index contributed by atoms with van der Waals surface area (Å²) in [5.41, 5.74) is 9.21. The van der Waals surface area contributed by atoms with E-state index >= 15 is 0 Å². The summed E-state index contributed by atoms with van der Waals surface area (Å²) in [6.45, 7) is 0.364. The Morgan fingerprint density at radius 3 is 2.60 bits per heavy atom. The van der Waals surface area contributed by atoms with E-state index in [1.165, 1.54) is 0 Å². The van der Waals surface area contributed by atoms with Crippen molar-refractivity contribution < 1.29 is 9.47 Å². The van der Waals surface area contributed by atoms with E-state index in [1.54, 1.807) is 6.20 Å². The normalized spacial score (nSPS) is 20.2. The highest BCUT2D eigenvalue weighted by atomic mass is 16.5. The number of nitrogens with zero attached hydrogens (tertiary/aromatic N) is 2. The molecule has 2 N–H and O–H groups in total. The maximum Gasteiger partial charge on any atom is 0.283 e. The minimum Gasteiger partial charge on any atom is -0.462 e. The smallest absolute Gasteiger partial charge is 0.283 e. The summed E-state index contributed by atoms with van der Waals surface area (Å²) in [5.74, 6) is 1.56. The van der Waals surface area contributed by atoms with Crippen molar-refractivity contribution in [3.8, 4) is 22.6 Å². The summed E-state index contributed by atoms with van der Waals surface area (Å²) in [6, 6.07) is 18.1. The van der Waals surface area contributed by atoms with Crippen LogP contribution in [-0.4, -0.2) is 17.6 Å². The molecule has 25 heavy (non-hydrogen) atoms. The molecule has 3 heterocycles. The third-order valence-corrected chi connectivity index (χ3v) is 4.70. The van der Waals surface area contributed by atoms with Crippen molar-refractivity contribution in [1.29, 1.82) is 0 Å². The lowest BCUT2D eigenvalue weighted by molar-refractivity contribution is 0.264. The Balaban J connectivity index is 1.75. The first-order valence-electron chi connectivity index (χ1n) is 8.07. The summed E-state index contributed by atoms with van der Waals surface area (Å²) >= 11 is 0. The molecule has 0 radical (unpaired) electrons. The van der Waals surface area contributed by atoms with Crippen LogP contribution in [0.4, 0.5) is 0 Å². The van der Waals surface area contributed by atoms with Gasteiger partial charge in [-0.1, -0.05) is 30.3 Å². The highest BCUT2D eigenvalue weighted by Crippen LogP contribution is 2.51. The average molecular weight is 329 g/mol. The molecule has 122 valence electrons. The SMILES string of the molecule is NC1=N[C@]2(CO1)c1ccccc1Oc1ccc(-c3cccnc3)cc12. The van der Waals surface area contributed by atoms with Crippen molar-refractivity contribution in [2.75, 3.05) is 6.61 Å². The molecule has 0 unspecified atom stereocenters. The second kappa shape index (κ2) is 5.08. The number of pyridine rings is 1. The van der Waals surface area contributed by atoms with Crippen LogP contribution in [0.2, 0.25) is 0 Å². The van der Waals surface area contributed by atoms with Crippen LogP contribution in [0.3, 0.4) is 0 Å². The van der Waals surface area contributed by atoms with Gasteiger partial charge in [-0.25, -0.2) is 4.99 Å². The molecular formula is C20H15N3O2. The summed E-state index contributed by atoms with van der Waals surface area (Å²) in [6.07, 6.45) is 3.60. The number of nitrogens with two attached hydrogens (primary N) is 1. The number of aromatic nitrogens is 1. The average Bonchev–Trinajstić information content (AvgIpc) is 3.05. The van der Waals surface area contributed by atoms with E-state index < -0.39 is 5.54 Å². The van der Waals surface area contributed by atoms with Crippen LogP contribution in [0, 0.1) is 0 Å². The van der Waals surface area contributed by atoms with Crippen LogP contribution in [0.15, 0.2) is 72.0 Å². The Bertz CT molecular complexity index is 1000. The first kappa shape index (κ1) is 14.0. The van der Waals surface area contributed by atoms with Crippen LogP contribution >= 0.6 is 0 Å². The van der Waals surface area contributed by atoms with Crippen LogP contribution in [-0.2, 0) is 10.3 Å². The maximum absolute atomic E-state index is 6.11. The molecular weight excluding hydrogens is 314 g/mol. The van der Waals surface area contributed by atoms with E-state index in [1.807, 2.05) is 54.7 Å². The predicted molar refractivity (Wildman–Crippen MR) is 94.5 cm³/mol. The Morgan fingerprint density at radius 2 is 1.80 bits per heavy atom. The zero-order valence-corrected chi connectivity index (χ0v) is 13.3. The highest BCUT2D eigenvalue weighted by molar-refractivity contribution is 5.77. The van der Waals surface area contributed by atoms with Gasteiger partial charge in [0.2, 0.25) is 0 Å². The molecule has 0 bridgehead atoms. The number of hydrogen-bond acceptors (Lipinski definition) is 5. The molecule has 2 aliphatic rings. The molecule has 5 heteroatoms. The van der Waals surface area contributed by atoms with Crippen molar-refractivity contribution in [3.63, 3.8) is 0 Å². The molecule has 0 saturated heterocycles. The van der Waals surface area contributed by atoms with Gasteiger partial charge in [-0.3, -0.25) is 4.98 Å². The van der Waals surface area contributed by atoms with Gasteiger partial charge < -0.3 is 15.2 Å². The Labute approximate surface area is 144 Å². The summed E-state index contributed by atoms with van der Waals surface area (Å²) in [7, 11) is 0. The molecule has 0 fully saturated rings. The molecule has 1 spiro atoms. The van der Waals surface area contributed by atoms with Gasteiger partial charge in [-0.2, -0.15) is 0 Å². The van der Waals surface area contributed by atoms with E-state index in [-0.39, 0.29) is 6.02 Å².